The van der Waals surface area contributed by atoms with E-state index in [1.807, 2.05) is 12.1 Å². The molecule has 0 radical (unpaired) electrons. The molecule has 224 valence electrons. The molecule has 1 aromatic heterocycles. The number of urea groups is 1. The molecule has 3 aromatic carbocycles. The number of aliphatic imine (C=N–C) groups is 1. The highest BCUT2D eigenvalue weighted by atomic mass is 32.2. The molecule has 10 nitrogen and oxygen atoms in total. The van der Waals surface area contributed by atoms with Crippen molar-refractivity contribution in [3.8, 4) is 22.8 Å². The quantitative estimate of drug-likeness (QED) is 0.213. The number of carbonyl (C=O) groups excluding carboxylic acids is 2. The van der Waals surface area contributed by atoms with Crippen LogP contribution in [-0.4, -0.2) is 50.2 Å². The second kappa shape index (κ2) is 12.3. The Balaban J connectivity index is 1.08. The summed E-state index contributed by atoms with van der Waals surface area (Å²) in [5.74, 6) is 0.169. The summed E-state index contributed by atoms with van der Waals surface area (Å²) in [4.78, 5) is 35.2. The van der Waals surface area contributed by atoms with Crippen molar-refractivity contribution >= 4 is 40.8 Å². The lowest BCUT2D eigenvalue weighted by molar-refractivity contribution is -0.274. The molecule has 0 spiro atoms. The highest BCUT2D eigenvalue weighted by molar-refractivity contribution is 8.15. The van der Waals surface area contributed by atoms with E-state index in [0.717, 1.165) is 36.9 Å². The predicted molar refractivity (Wildman–Crippen MR) is 160 cm³/mol. The molecule has 6 rings (SSSR count). The van der Waals surface area contributed by atoms with Crippen LogP contribution in [0.2, 0.25) is 0 Å². The predicted octanol–water partition coefficient (Wildman–Crippen LogP) is 5.89. The third-order valence-corrected chi connectivity index (χ3v) is 7.87. The maximum atomic E-state index is 12.7. The van der Waals surface area contributed by atoms with Crippen LogP contribution in [0, 0.1) is 0 Å². The second-order valence-electron chi connectivity index (χ2n) is 9.89. The number of rotatable bonds is 6. The molecule has 1 fully saturated rings. The summed E-state index contributed by atoms with van der Waals surface area (Å²) >= 11 is 1.22. The minimum atomic E-state index is -4.76. The average molecular weight is 620 g/mol. The molecule has 4 aromatic rings. The molecule has 2 aliphatic rings. The number of hydrazone groups is 1. The number of aromatic nitrogens is 3. The Bertz CT molecular complexity index is 1750. The lowest BCUT2D eigenvalue weighted by atomic mass is 9.90. The first-order valence-corrected chi connectivity index (χ1v) is 14.6. The summed E-state index contributed by atoms with van der Waals surface area (Å²) in [6, 6.07) is 17.5. The number of carbonyl (C=O) groups is 2. The molecule has 0 saturated carbocycles. The van der Waals surface area contributed by atoms with Gasteiger partial charge in [-0.2, -0.15) is 10.1 Å². The van der Waals surface area contributed by atoms with Crippen LogP contribution < -0.4 is 15.1 Å². The van der Waals surface area contributed by atoms with Crippen LogP contribution in [0.15, 0.2) is 83.2 Å². The second-order valence-corrected chi connectivity index (χ2v) is 10.8. The number of nitrogens with one attached hydrogen (secondary N) is 1. The molecule has 0 unspecified atom stereocenters. The Morgan fingerprint density at radius 1 is 1.02 bits per heavy atom. The van der Waals surface area contributed by atoms with Crippen molar-refractivity contribution in [1.82, 2.24) is 20.2 Å². The number of thioether (sulfide) groups is 1. The number of aryl methyl sites for hydroxylation is 1. The standard InChI is InChI=1S/C30H24F3N7O3S/c31-30(32,33)43-23-14-12-22(13-15-23)39-18-34-27(38-39)21-10-8-19(9-11-21)16-35-37-28(42)36-29-40(26(41)17-44-29)25-7-3-5-20-4-1-2-6-24(20)25/h3,5,7-16,18H,1-2,4,6,17H2,(H,37,42)/b35-16+,36-29-. The highest BCUT2D eigenvalue weighted by Gasteiger charge is 2.33. The third-order valence-electron chi connectivity index (χ3n) is 6.94. The number of halogens is 3. The minimum absolute atomic E-state index is 0.114. The van der Waals surface area contributed by atoms with Gasteiger partial charge in [0.2, 0.25) is 5.91 Å². The summed E-state index contributed by atoms with van der Waals surface area (Å²) in [5.41, 5.74) is 7.43. The van der Waals surface area contributed by atoms with E-state index in [4.69, 9.17) is 0 Å². The summed E-state index contributed by atoms with van der Waals surface area (Å²) < 4.78 is 42.5. The van der Waals surface area contributed by atoms with Crippen LogP contribution in [0.4, 0.5) is 23.7 Å². The first kappa shape index (κ1) is 29.1. The maximum absolute atomic E-state index is 12.7. The van der Waals surface area contributed by atoms with Crippen LogP contribution in [0.5, 0.6) is 5.75 Å². The van der Waals surface area contributed by atoms with Crippen molar-refractivity contribution in [3.05, 3.63) is 89.7 Å². The molecule has 44 heavy (non-hydrogen) atoms. The zero-order chi connectivity index (χ0) is 30.7. The highest BCUT2D eigenvalue weighted by Crippen LogP contribution is 2.35. The minimum Gasteiger partial charge on any atom is -0.406 e. The van der Waals surface area contributed by atoms with Crippen LogP contribution >= 0.6 is 11.8 Å². The van der Waals surface area contributed by atoms with E-state index in [9.17, 15) is 22.8 Å². The van der Waals surface area contributed by atoms with Gasteiger partial charge in [0.05, 0.1) is 23.3 Å². The van der Waals surface area contributed by atoms with Gasteiger partial charge in [0.25, 0.3) is 0 Å². The molecule has 1 aliphatic carbocycles. The number of alkyl halides is 3. The van der Waals surface area contributed by atoms with E-state index in [-0.39, 0.29) is 17.4 Å². The summed E-state index contributed by atoms with van der Waals surface area (Å²) in [6.07, 6.45) is 2.18. The molecular weight excluding hydrogens is 595 g/mol. The number of amidine groups is 1. The van der Waals surface area contributed by atoms with E-state index in [1.54, 1.807) is 24.3 Å². The van der Waals surface area contributed by atoms with E-state index in [2.05, 4.69) is 36.4 Å². The number of anilines is 1. The first-order valence-electron chi connectivity index (χ1n) is 13.6. The van der Waals surface area contributed by atoms with Gasteiger partial charge in [0.1, 0.15) is 12.1 Å². The Kier molecular flexibility index (Phi) is 8.15. The Morgan fingerprint density at radius 3 is 2.57 bits per heavy atom. The van der Waals surface area contributed by atoms with Crippen molar-refractivity contribution in [3.63, 3.8) is 0 Å². The summed E-state index contributed by atoms with van der Waals surface area (Å²) in [7, 11) is 0. The number of nitrogens with zero attached hydrogens (tertiary/aromatic N) is 6. The lowest BCUT2D eigenvalue weighted by Crippen LogP contribution is -2.32. The van der Waals surface area contributed by atoms with E-state index >= 15 is 0 Å². The van der Waals surface area contributed by atoms with Crippen molar-refractivity contribution in [2.75, 3.05) is 10.7 Å². The third kappa shape index (κ3) is 6.64. The van der Waals surface area contributed by atoms with Gasteiger partial charge in [-0.05, 0) is 72.7 Å². The molecule has 1 N–H and O–H groups in total. The molecule has 2 heterocycles. The zero-order valence-corrected chi connectivity index (χ0v) is 23.8. The van der Waals surface area contributed by atoms with Gasteiger partial charge < -0.3 is 4.74 Å². The largest absolute Gasteiger partial charge is 0.573 e. The lowest BCUT2D eigenvalue weighted by Gasteiger charge is -2.24. The van der Waals surface area contributed by atoms with Gasteiger partial charge in [-0.1, -0.05) is 48.2 Å². The summed E-state index contributed by atoms with van der Waals surface area (Å²) in [5, 5.41) is 8.69. The maximum Gasteiger partial charge on any atom is 0.573 e. The Hall–Kier alpha value is -4.98. The first-order chi connectivity index (χ1) is 21.2. The monoisotopic (exact) mass is 619 g/mol. The van der Waals surface area contributed by atoms with Gasteiger partial charge in [-0.3, -0.25) is 9.69 Å². The molecule has 0 atom stereocenters. The number of hydrogen-bond donors (Lipinski definition) is 1. The number of fused-ring (bicyclic) bond motifs is 1. The van der Waals surface area contributed by atoms with Crippen molar-refractivity contribution in [2.24, 2.45) is 10.1 Å². The SMILES string of the molecule is O=C(/N=C1\SCC(=O)N1c1cccc2c1CCCC2)N/N=C/c1ccc(-c2ncn(-c3ccc(OC(F)(F)F)cc3)n2)cc1. The molecule has 14 heteroatoms. The smallest absolute Gasteiger partial charge is 0.406 e. The van der Waals surface area contributed by atoms with Crippen LogP contribution in [-0.2, 0) is 17.6 Å². The van der Waals surface area contributed by atoms with Crippen molar-refractivity contribution < 1.29 is 27.5 Å². The van der Waals surface area contributed by atoms with Gasteiger partial charge >= 0.3 is 12.4 Å². The van der Waals surface area contributed by atoms with E-state index < -0.39 is 12.4 Å². The fourth-order valence-corrected chi connectivity index (χ4v) is 5.82. The van der Waals surface area contributed by atoms with Crippen molar-refractivity contribution in [2.45, 2.75) is 32.0 Å². The molecular formula is C30H24F3N7O3S. The fourth-order valence-electron chi connectivity index (χ4n) is 4.96. The molecule has 1 aliphatic heterocycles. The molecule has 3 amide bonds. The van der Waals surface area contributed by atoms with E-state index in [0.29, 0.717) is 27.8 Å². The number of amides is 3. The topological polar surface area (TPSA) is 114 Å². The zero-order valence-electron chi connectivity index (χ0n) is 23.0. The average Bonchev–Trinajstić information content (AvgIpc) is 3.64. The van der Waals surface area contributed by atoms with Crippen molar-refractivity contribution in [1.29, 1.82) is 0 Å². The van der Waals surface area contributed by atoms with Gasteiger partial charge in [0, 0.05) is 5.56 Å². The van der Waals surface area contributed by atoms with Gasteiger partial charge in [-0.15, -0.1) is 18.3 Å². The van der Waals surface area contributed by atoms with Gasteiger partial charge in [0.15, 0.2) is 11.0 Å². The Labute approximate surface area is 253 Å². The number of hydrogen-bond acceptors (Lipinski definition) is 7. The van der Waals surface area contributed by atoms with Crippen LogP contribution in [0.3, 0.4) is 0 Å². The summed E-state index contributed by atoms with van der Waals surface area (Å²) in [6.45, 7) is 0. The van der Waals surface area contributed by atoms with E-state index in [1.165, 1.54) is 63.7 Å². The van der Waals surface area contributed by atoms with Crippen LogP contribution in [0.25, 0.3) is 17.1 Å². The molecule has 0 bridgehead atoms. The normalized spacial score (nSPS) is 16.0. The fraction of sp³-hybridized carbons (Fsp3) is 0.200. The van der Waals surface area contributed by atoms with Gasteiger partial charge in [-0.25, -0.2) is 19.9 Å². The number of ether oxygens (including phenoxy) is 1. The van der Waals surface area contributed by atoms with Crippen LogP contribution in [0.1, 0.15) is 29.5 Å². The number of benzene rings is 3. The molecule has 1 saturated heterocycles. The Morgan fingerprint density at radius 2 is 1.80 bits per heavy atom.